The number of thiophene rings is 1. The first kappa shape index (κ1) is 19.0. The first-order chi connectivity index (χ1) is 13.0. The summed E-state index contributed by atoms with van der Waals surface area (Å²) >= 11 is 1.75. The predicted molar refractivity (Wildman–Crippen MR) is 108 cm³/mol. The van der Waals surface area contributed by atoms with E-state index in [1.165, 1.54) is 15.8 Å². The average Bonchev–Trinajstić information content (AvgIpc) is 2.96. The number of nitrogens with two attached hydrogens (primary N) is 1. The van der Waals surface area contributed by atoms with E-state index in [1.54, 1.807) is 11.3 Å². The van der Waals surface area contributed by atoms with E-state index < -0.39 is 5.54 Å². The summed E-state index contributed by atoms with van der Waals surface area (Å²) in [6, 6.07) is 0. The maximum atomic E-state index is 9.57. The topological polar surface area (TPSA) is 87.7 Å². The third kappa shape index (κ3) is 3.82. The monoisotopic (exact) mass is 391 g/mol. The van der Waals surface area contributed by atoms with Crippen molar-refractivity contribution in [3.05, 3.63) is 16.3 Å². The third-order valence-electron chi connectivity index (χ3n) is 5.90. The molecule has 27 heavy (non-hydrogen) atoms. The number of fused-ring (bicyclic) bond motifs is 1. The molecule has 0 radical (unpaired) electrons. The fourth-order valence-electron chi connectivity index (χ4n) is 3.85. The number of aromatic nitrogens is 2. The molecule has 0 bridgehead atoms. The number of hydrogen-bond donors (Lipinski definition) is 2. The summed E-state index contributed by atoms with van der Waals surface area (Å²) in [5.74, 6) is 1.91. The second-order valence-electron chi connectivity index (χ2n) is 7.82. The molecule has 4 rings (SSSR count). The Balaban J connectivity index is 1.67. The number of piperidine rings is 1. The number of hydrogen-bond acceptors (Lipinski definition) is 8. The second-order valence-corrected chi connectivity index (χ2v) is 9.03. The molecule has 0 amide bonds. The van der Waals surface area contributed by atoms with Gasteiger partial charge in [-0.3, -0.25) is 4.90 Å². The van der Waals surface area contributed by atoms with Gasteiger partial charge in [-0.05, 0) is 32.3 Å². The molecular weight excluding hydrogens is 362 g/mol. The van der Waals surface area contributed by atoms with Crippen LogP contribution in [0.1, 0.15) is 29.1 Å². The van der Waals surface area contributed by atoms with Gasteiger partial charge >= 0.3 is 0 Å². The molecule has 2 aromatic heterocycles. The van der Waals surface area contributed by atoms with Crippen LogP contribution in [0.5, 0.6) is 0 Å². The van der Waals surface area contributed by atoms with Crippen LogP contribution in [-0.4, -0.2) is 71.5 Å². The Kier molecular flexibility index (Phi) is 5.35. The zero-order valence-electron chi connectivity index (χ0n) is 16.2. The fraction of sp³-hybridized carbons (Fsp3) is 0.684. The van der Waals surface area contributed by atoms with Gasteiger partial charge in [-0.15, -0.1) is 11.3 Å². The smallest absolute Gasteiger partial charge is 0.146 e. The van der Waals surface area contributed by atoms with Crippen molar-refractivity contribution in [1.29, 1.82) is 0 Å². The van der Waals surface area contributed by atoms with Crippen LogP contribution in [0.2, 0.25) is 0 Å². The lowest BCUT2D eigenvalue weighted by atomic mass is 9.89. The van der Waals surface area contributed by atoms with Crippen LogP contribution < -0.4 is 10.6 Å². The van der Waals surface area contributed by atoms with Crippen molar-refractivity contribution in [2.75, 3.05) is 50.9 Å². The van der Waals surface area contributed by atoms with Gasteiger partial charge in [0.15, 0.2) is 0 Å². The first-order valence-electron chi connectivity index (χ1n) is 9.70. The van der Waals surface area contributed by atoms with Crippen molar-refractivity contribution < 1.29 is 9.84 Å². The van der Waals surface area contributed by atoms with Crippen LogP contribution in [0.3, 0.4) is 0 Å². The molecule has 0 aromatic carbocycles. The van der Waals surface area contributed by atoms with Gasteiger partial charge in [0, 0.05) is 36.6 Å². The minimum absolute atomic E-state index is 0.0406. The Morgan fingerprint density at radius 1 is 1.15 bits per heavy atom. The number of rotatable bonds is 4. The maximum Gasteiger partial charge on any atom is 0.146 e. The Bertz CT molecular complexity index is 810. The lowest BCUT2D eigenvalue weighted by molar-refractivity contribution is 0.0331. The average molecular weight is 392 g/mol. The van der Waals surface area contributed by atoms with Crippen LogP contribution in [0.25, 0.3) is 10.2 Å². The van der Waals surface area contributed by atoms with Crippen LogP contribution in [0, 0.1) is 13.8 Å². The largest absolute Gasteiger partial charge is 0.394 e. The standard InChI is InChI=1S/C19H29N5O2S/c1-13-14(2)27-18-16(13)17(24-5-3-19(20,12-25)4-6-24)21-15(22-18)11-23-7-9-26-10-8-23/h25H,3-12,20H2,1-2H3. The van der Waals surface area contributed by atoms with Crippen molar-refractivity contribution in [3.63, 3.8) is 0 Å². The molecule has 3 N–H and O–H groups in total. The van der Waals surface area contributed by atoms with Gasteiger partial charge in [0.25, 0.3) is 0 Å². The highest BCUT2D eigenvalue weighted by Gasteiger charge is 2.32. The molecule has 2 aromatic rings. The molecule has 0 spiro atoms. The van der Waals surface area contributed by atoms with Crippen LogP contribution >= 0.6 is 11.3 Å². The molecular formula is C19H29N5O2S. The number of ether oxygens (including phenoxy) is 1. The quantitative estimate of drug-likeness (QED) is 0.815. The normalized spacial score (nSPS) is 21.1. The molecule has 0 saturated carbocycles. The maximum absolute atomic E-state index is 9.57. The van der Waals surface area contributed by atoms with E-state index in [-0.39, 0.29) is 6.61 Å². The van der Waals surface area contributed by atoms with Crippen molar-refractivity contribution in [2.24, 2.45) is 5.73 Å². The molecule has 2 aliphatic rings. The zero-order chi connectivity index (χ0) is 19.0. The van der Waals surface area contributed by atoms with Crippen LogP contribution in [0.4, 0.5) is 5.82 Å². The predicted octanol–water partition coefficient (Wildman–Crippen LogP) is 1.43. The molecule has 2 saturated heterocycles. The number of anilines is 1. The highest BCUT2D eigenvalue weighted by Crippen LogP contribution is 2.36. The number of aryl methyl sites for hydroxylation is 2. The molecule has 7 nitrogen and oxygen atoms in total. The van der Waals surface area contributed by atoms with Crippen molar-refractivity contribution in [1.82, 2.24) is 14.9 Å². The first-order valence-corrected chi connectivity index (χ1v) is 10.5. The fourth-order valence-corrected chi connectivity index (χ4v) is 4.89. The Morgan fingerprint density at radius 3 is 2.52 bits per heavy atom. The molecule has 2 fully saturated rings. The highest BCUT2D eigenvalue weighted by molar-refractivity contribution is 7.18. The van der Waals surface area contributed by atoms with E-state index in [1.807, 2.05) is 0 Å². The molecule has 0 unspecified atom stereocenters. The number of aliphatic hydroxyl groups is 1. The molecule has 0 atom stereocenters. The summed E-state index contributed by atoms with van der Waals surface area (Å²) in [5.41, 5.74) is 7.09. The van der Waals surface area contributed by atoms with E-state index in [2.05, 4.69) is 23.6 Å². The van der Waals surface area contributed by atoms with E-state index in [0.717, 1.165) is 75.3 Å². The minimum Gasteiger partial charge on any atom is -0.394 e. The Labute approximate surface area is 164 Å². The lowest BCUT2D eigenvalue weighted by Crippen LogP contribution is -2.53. The minimum atomic E-state index is -0.459. The summed E-state index contributed by atoms with van der Waals surface area (Å²) < 4.78 is 5.45. The molecule has 2 aliphatic heterocycles. The van der Waals surface area contributed by atoms with Gasteiger partial charge < -0.3 is 20.5 Å². The zero-order valence-corrected chi connectivity index (χ0v) is 17.0. The van der Waals surface area contributed by atoms with Gasteiger partial charge in [0.05, 0.1) is 31.8 Å². The summed E-state index contributed by atoms with van der Waals surface area (Å²) in [6.07, 6.45) is 1.55. The van der Waals surface area contributed by atoms with Crippen LogP contribution in [-0.2, 0) is 11.3 Å². The molecule has 8 heteroatoms. The van der Waals surface area contributed by atoms with Gasteiger partial charge in [-0.1, -0.05) is 0 Å². The van der Waals surface area contributed by atoms with Gasteiger partial charge in [-0.25, -0.2) is 9.97 Å². The molecule has 4 heterocycles. The van der Waals surface area contributed by atoms with Gasteiger partial charge in [0.1, 0.15) is 16.5 Å². The van der Waals surface area contributed by atoms with Crippen LogP contribution in [0.15, 0.2) is 0 Å². The van der Waals surface area contributed by atoms with E-state index in [9.17, 15) is 5.11 Å². The third-order valence-corrected chi connectivity index (χ3v) is 7.00. The number of morpholine rings is 1. The van der Waals surface area contributed by atoms with Gasteiger partial charge in [0.2, 0.25) is 0 Å². The van der Waals surface area contributed by atoms with Crippen molar-refractivity contribution in [2.45, 2.75) is 38.8 Å². The Hall–Kier alpha value is -1.32. The van der Waals surface area contributed by atoms with E-state index in [4.69, 9.17) is 20.4 Å². The molecule has 148 valence electrons. The van der Waals surface area contributed by atoms with Gasteiger partial charge in [-0.2, -0.15) is 0 Å². The van der Waals surface area contributed by atoms with Crippen molar-refractivity contribution in [3.8, 4) is 0 Å². The van der Waals surface area contributed by atoms with E-state index in [0.29, 0.717) is 0 Å². The highest BCUT2D eigenvalue weighted by atomic mass is 32.1. The Morgan fingerprint density at radius 2 is 1.85 bits per heavy atom. The second kappa shape index (κ2) is 7.60. The molecule has 0 aliphatic carbocycles. The summed E-state index contributed by atoms with van der Waals surface area (Å²) in [4.78, 5) is 16.9. The van der Waals surface area contributed by atoms with E-state index >= 15 is 0 Å². The lowest BCUT2D eigenvalue weighted by Gasteiger charge is -2.39. The number of aliphatic hydroxyl groups excluding tert-OH is 1. The van der Waals surface area contributed by atoms with Crippen molar-refractivity contribution >= 4 is 27.4 Å². The summed E-state index contributed by atoms with van der Waals surface area (Å²) in [7, 11) is 0. The summed E-state index contributed by atoms with van der Waals surface area (Å²) in [5, 5.41) is 10.7. The number of nitrogens with zero attached hydrogens (tertiary/aromatic N) is 4. The SMILES string of the molecule is Cc1sc2nc(CN3CCOCC3)nc(N3CCC(N)(CO)CC3)c2c1C. The summed E-state index contributed by atoms with van der Waals surface area (Å²) in [6.45, 7) is 10.1.